The summed E-state index contributed by atoms with van der Waals surface area (Å²) in [4.78, 5) is 1.23. The van der Waals surface area contributed by atoms with Gasteiger partial charge in [0.05, 0.1) is 0 Å². The third-order valence-electron chi connectivity index (χ3n) is 1.90. The van der Waals surface area contributed by atoms with Crippen molar-refractivity contribution in [3.63, 3.8) is 0 Å². The van der Waals surface area contributed by atoms with Gasteiger partial charge in [-0.05, 0) is 24.6 Å². The molecule has 13 heavy (non-hydrogen) atoms. The first-order chi connectivity index (χ1) is 6.35. The van der Waals surface area contributed by atoms with Gasteiger partial charge in [-0.3, -0.25) is 0 Å². The van der Waals surface area contributed by atoms with Crippen molar-refractivity contribution in [2.75, 3.05) is 7.05 Å². The van der Waals surface area contributed by atoms with E-state index in [2.05, 4.69) is 28.8 Å². The van der Waals surface area contributed by atoms with Gasteiger partial charge in [-0.25, -0.2) is 0 Å². The molecule has 1 N–H and O–H groups in total. The molecule has 2 aromatic heterocycles. The maximum atomic E-state index is 5.40. The molecule has 1 atom stereocenters. The lowest BCUT2D eigenvalue weighted by molar-refractivity contribution is 0.750. The molecule has 0 radical (unpaired) electrons. The van der Waals surface area contributed by atoms with Crippen molar-refractivity contribution < 1.29 is 0 Å². The van der Waals surface area contributed by atoms with Crippen LogP contribution in [-0.4, -0.2) is 7.05 Å². The summed E-state index contributed by atoms with van der Waals surface area (Å²) in [6.07, 6.45) is 5.40. The quantitative estimate of drug-likeness (QED) is 0.747. The highest BCUT2D eigenvalue weighted by atomic mass is 32.1. The van der Waals surface area contributed by atoms with Gasteiger partial charge in [-0.2, -0.15) is 0 Å². The number of fused-ring (bicyclic) bond motifs is 1. The van der Waals surface area contributed by atoms with Crippen molar-refractivity contribution in [2.24, 2.45) is 0 Å². The molecule has 0 fully saturated rings. The van der Waals surface area contributed by atoms with E-state index in [-0.39, 0.29) is 6.04 Å². The van der Waals surface area contributed by atoms with Crippen LogP contribution in [0.1, 0.15) is 10.9 Å². The lowest BCUT2D eigenvalue weighted by Gasteiger charge is -2.04. The van der Waals surface area contributed by atoms with Gasteiger partial charge in [-0.15, -0.1) is 29.1 Å². The smallest absolute Gasteiger partial charge is 0.103 e. The van der Waals surface area contributed by atoms with Crippen molar-refractivity contribution in [3.8, 4) is 12.3 Å². The fourth-order valence-corrected chi connectivity index (χ4v) is 3.42. The Labute approximate surface area is 85.4 Å². The first-order valence-electron chi connectivity index (χ1n) is 3.95. The Hall–Kier alpha value is -0.820. The number of rotatable bonds is 2. The van der Waals surface area contributed by atoms with Crippen LogP contribution < -0.4 is 5.32 Å². The van der Waals surface area contributed by atoms with E-state index in [4.69, 9.17) is 6.42 Å². The predicted octanol–water partition coefficient (Wildman–Crippen LogP) is 2.86. The molecular weight excluding hydrogens is 198 g/mol. The highest BCUT2D eigenvalue weighted by Crippen LogP contribution is 2.32. The van der Waals surface area contributed by atoms with E-state index in [1.54, 1.807) is 22.7 Å². The molecule has 0 spiro atoms. The molecule has 66 valence electrons. The first-order valence-corrected chi connectivity index (χ1v) is 5.65. The van der Waals surface area contributed by atoms with Crippen LogP contribution in [0, 0.1) is 12.3 Å². The number of hydrogen-bond donors (Lipinski definition) is 1. The first kappa shape index (κ1) is 8.76. The van der Waals surface area contributed by atoms with Gasteiger partial charge in [0.25, 0.3) is 0 Å². The monoisotopic (exact) mass is 207 g/mol. The second-order valence-electron chi connectivity index (χ2n) is 2.69. The van der Waals surface area contributed by atoms with Crippen molar-refractivity contribution in [3.05, 3.63) is 22.4 Å². The Morgan fingerprint density at radius 2 is 2.38 bits per heavy atom. The molecule has 0 saturated carbocycles. The van der Waals surface area contributed by atoms with Crippen LogP contribution in [-0.2, 0) is 0 Å². The van der Waals surface area contributed by atoms with Crippen LogP contribution >= 0.6 is 22.7 Å². The fourth-order valence-electron chi connectivity index (χ4n) is 1.23. The minimum atomic E-state index is 0.0598. The number of terminal acetylenes is 1. The molecule has 0 saturated heterocycles. The van der Waals surface area contributed by atoms with Crippen molar-refractivity contribution in [1.82, 2.24) is 5.32 Å². The molecule has 0 amide bonds. The van der Waals surface area contributed by atoms with Gasteiger partial charge < -0.3 is 5.32 Å². The average Bonchev–Trinajstić information content (AvgIpc) is 2.65. The highest BCUT2D eigenvalue weighted by molar-refractivity contribution is 7.27. The van der Waals surface area contributed by atoms with Gasteiger partial charge in [-0.1, -0.05) is 5.92 Å². The van der Waals surface area contributed by atoms with Crippen molar-refractivity contribution >= 4 is 32.1 Å². The Balaban J connectivity index is 2.45. The normalized spacial score (nSPS) is 12.9. The average molecular weight is 207 g/mol. The summed E-state index contributed by atoms with van der Waals surface area (Å²) in [5, 5.41) is 5.20. The lowest BCUT2D eigenvalue weighted by Crippen LogP contribution is -2.12. The predicted molar refractivity (Wildman–Crippen MR) is 60.3 cm³/mol. The van der Waals surface area contributed by atoms with Crippen LogP contribution in [0.25, 0.3) is 9.40 Å². The van der Waals surface area contributed by atoms with Crippen LogP contribution in [0.5, 0.6) is 0 Å². The molecule has 1 unspecified atom stereocenters. The van der Waals surface area contributed by atoms with Crippen LogP contribution in [0.4, 0.5) is 0 Å². The van der Waals surface area contributed by atoms with Crippen molar-refractivity contribution in [2.45, 2.75) is 6.04 Å². The molecule has 0 aromatic carbocycles. The number of hydrogen-bond acceptors (Lipinski definition) is 3. The summed E-state index contributed by atoms with van der Waals surface area (Å²) in [5.74, 6) is 2.72. The standard InChI is InChI=1S/C10H9NS2/c1-3-7(11-2)9-6-10-8(13-9)4-5-12-10/h1,4-7,11H,2H3. The van der Waals surface area contributed by atoms with E-state index in [0.29, 0.717) is 0 Å². The number of nitrogens with one attached hydrogen (secondary N) is 1. The minimum Gasteiger partial charge on any atom is -0.302 e. The van der Waals surface area contributed by atoms with E-state index < -0.39 is 0 Å². The summed E-state index contributed by atoms with van der Waals surface area (Å²) in [7, 11) is 1.89. The summed E-state index contributed by atoms with van der Waals surface area (Å²) >= 11 is 3.53. The fraction of sp³-hybridized carbons (Fsp3) is 0.200. The largest absolute Gasteiger partial charge is 0.302 e. The molecule has 1 nitrogen and oxygen atoms in total. The third kappa shape index (κ3) is 1.49. The molecule has 0 bridgehead atoms. The summed E-state index contributed by atoms with van der Waals surface area (Å²) < 4.78 is 2.66. The maximum absolute atomic E-state index is 5.40. The van der Waals surface area contributed by atoms with Gasteiger partial charge in [0.2, 0.25) is 0 Å². The Morgan fingerprint density at radius 1 is 1.54 bits per heavy atom. The van der Waals surface area contributed by atoms with E-state index in [1.807, 2.05) is 7.05 Å². The highest BCUT2D eigenvalue weighted by Gasteiger charge is 2.09. The van der Waals surface area contributed by atoms with Crippen LogP contribution in [0.2, 0.25) is 0 Å². The van der Waals surface area contributed by atoms with Gasteiger partial charge >= 0.3 is 0 Å². The zero-order valence-corrected chi connectivity index (χ0v) is 8.84. The van der Waals surface area contributed by atoms with E-state index in [1.165, 1.54) is 14.3 Å². The molecule has 2 aromatic rings. The van der Waals surface area contributed by atoms with E-state index in [9.17, 15) is 0 Å². The zero-order valence-electron chi connectivity index (χ0n) is 7.20. The minimum absolute atomic E-state index is 0.0598. The van der Waals surface area contributed by atoms with Crippen molar-refractivity contribution in [1.29, 1.82) is 0 Å². The maximum Gasteiger partial charge on any atom is 0.103 e. The molecular formula is C10H9NS2. The summed E-state index contributed by atoms with van der Waals surface area (Å²) in [6, 6.07) is 4.37. The van der Waals surface area contributed by atoms with E-state index in [0.717, 1.165) is 0 Å². The second kappa shape index (κ2) is 3.51. The summed E-state index contributed by atoms with van der Waals surface area (Å²) in [5.41, 5.74) is 0. The third-order valence-corrected chi connectivity index (χ3v) is 4.06. The molecule has 2 rings (SSSR count). The SMILES string of the molecule is C#CC(NC)c1cc2sccc2s1. The zero-order chi connectivity index (χ0) is 9.26. The molecule has 3 heteroatoms. The lowest BCUT2D eigenvalue weighted by atomic mass is 10.2. The Morgan fingerprint density at radius 3 is 3.00 bits per heavy atom. The molecule has 0 aliphatic rings. The summed E-state index contributed by atoms with van der Waals surface area (Å²) in [6.45, 7) is 0. The molecule has 0 aliphatic heterocycles. The van der Waals surface area contributed by atoms with Gasteiger partial charge in [0, 0.05) is 14.3 Å². The Bertz CT molecular complexity index is 418. The second-order valence-corrected chi connectivity index (χ2v) is 4.75. The van der Waals surface area contributed by atoms with Crippen LogP contribution in [0.3, 0.4) is 0 Å². The number of thiophene rings is 2. The topological polar surface area (TPSA) is 12.0 Å². The van der Waals surface area contributed by atoms with Crippen LogP contribution in [0.15, 0.2) is 17.5 Å². The molecule has 2 heterocycles. The van der Waals surface area contributed by atoms with E-state index >= 15 is 0 Å². The van der Waals surface area contributed by atoms with Gasteiger partial charge in [0.1, 0.15) is 6.04 Å². The molecule has 0 aliphatic carbocycles. The van der Waals surface area contributed by atoms with Gasteiger partial charge in [0.15, 0.2) is 0 Å². The Kier molecular flexibility index (Phi) is 2.36.